The average Bonchev–Trinajstić information content (AvgIpc) is 1.60. The number of ether oxygens (including phenoxy) is 3. The minimum absolute atomic E-state index is 0.0196. The fourth-order valence-corrected chi connectivity index (χ4v) is 18.5. The van der Waals surface area contributed by atoms with E-state index in [2.05, 4.69) is 41.0 Å². The van der Waals surface area contributed by atoms with Gasteiger partial charge in [0.2, 0.25) is 11.8 Å². The zero-order valence-corrected chi connectivity index (χ0v) is 61.7. The van der Waals surface area contributed by atoms with Gasteiger partial charge in [0.1, 0.15) is 23.6 Å². The number of halogens is 3. The lowest BCUT2D eigenvalue weighted by atomic mass is 9.96. The van der Waals surface area contributed by atoms with E-state index in [1.165, 1.54) is 29.6 Å². The van der Waals surface area contributed by atoms with E-state index in [9.17, 15) is 29.1 Å². The molecular formula is C75H76Cl3N11O10S3. The number of hydrogen-bond donors (Lipinski definition) is 4. The molecule has 16 rings (SSSR count). The lowest BCUT2D eigenvalue weighted by molar-refractivity contribution is -0.149. The highest BCUT2D eigenvalue weighted by molar-refractivity contribution is 7.20. The number of likely N-dealkylation sites (N-methyl/N-ethyl adjacent to an activating group) is 1. The second-order valence-electron chi connectivity index (χ2n) is 26.5. The van der Waals surface area contributed by atoms with Gasteiger partial charge in [0.25, 0.3) is 17.7 Å². The molecule has 4 unspecified atom stereocenters. The van der Waals surface area contributed by atoms with Crippen LogP contribution in [0.4, 0.5) is 0 Å². The molecule has 0 spiro atoms. The number of nitrogens with zero attached hydrogens (tertiary/aromatic N) is 8. The Morgan fingerprint density at radius 2 is 1.22 bits per heavy atom. The van der Waals surface area contributed by atoms with Crippen molar-refractivity contribution in [2.75, 3.05) is 53.9 Å². The minimum Gasteiger partial charge on any atom is -0.481 e. The number of aliphatic hydroxyl groups is 1. The van der Waals surface area contributed by atoms with Crippen LogP contribution in [0.3, 0.4) is 0 Å². The topological polar surface area (TPSA) is 257 Å². The smallest absolute Gasteiger partial charge is 0.263 e. The third kappa shape index (κ3) is 14.4. The fourth-order valence-electron chi connectivity index (χ4n) is 14.3. The Balaban J connectivity index is 0.000000130. The van der Waals surface area contributed by atoms with E-state index < -0.39 is 17.8 Å². The number of carbonyl (C=O) groups excluding carboxylic acids is 5. The third-order valence-corrected chi connectivity index (χ3v) is 23.8. The average molecular weight is 1490 g/mol. The molecule has 0 aliphatic carbocycles. The van der Waals surface area contributed by atoms with Gasteiger partial charge in [-0.25, -0.2) is 9.97 Å². The number of rotatable bonds is 14. The number of nitrogens with one attached hydrogen (secondary N) is 3. The SMILES string of the molecule is CC(=O)NCc1cc2ncnc(-c3cc(Cl)cc4c3OC(c3onc5c3CNCC5)C4)c2s1.CCC(O)(C(=O)N(C)C)c1cc2nccc(-c3cc(Cl)cc4c3OC(C(=O)N3CCCCC3)C4)c2s1.CNC(=O)CCc1cc2nccc(-c3cc(Cl)cc4c3OC(C(=O)N3CCCCC3)C4)c2s1. The van der Waals surface area contributed by atoms with Gasteiger partial charge in [0, 0.05) is 192 Å². The van der Waals surface area contributed by atoms with Crippen LogP contribution < -0.4 is 30.2 Å². The number of benzene rings is 3. The second-order valence-corrected chi connectivity index (χ2v) is 31.2. The number of amides is 5. The van der Waals surface area contributed by atoms with Gasteiger partial charge in [0.05, 0.1) is 48.6 Å². The number of aryl methyl sites for hydroxylation is 1. The molecule has 13 heterocycles. The maximum absolute atomic E-state index is 13.2. The van der Waals surface area contributed by atoms with Gasteiger partial charge in [-0.1, -0.05) is 46.9 Å². The van der Waals surface area contributed by atoms with Crippen molar-refractivity contribution in [3.05, 3.63) is 149 Å². The molecule has 6 aliphatic rings. The Bertz CT molecular complexity index is 4910. The minimum atomic E-state index is -1.63. The summed E-state index contributed by atoms with van der Waals surface area (Å²) < 4.78 is 27.6. The quantitative estimate of drug-likeness (QED) is 0.0789. The van der Waals surface area contributed by atoms with Crippen molar-refractivity contribution < 1.29 is 47.8 Å². The predicted octanol–water partition coefficient (Wildman–Crippen LogP) is 13.2. The Labute approximate surface area is 616 Å². The van der Waals surface area contributed by atoms with Crippen molar-refractivity contribution >= 4 is 129 Å². The number of aromatic nitrogens is 5. The molecule has 4 N–H and O–H groups in total. The summed E-state index contributed by atoms with van der Waals surface area (Å²) in [5.74, 6) is 2.61. The van der Waals surface area contributed by atoms with E-state index in [1.807, 2.05) is 70.5 Å². The van der Waals surface area contributed by atoms with Crippen LogP contribution in [0.15, 0.2) is 90.0 Å². The molecule has 2 saturated heterocycles. The van der Waals surface area contributed by atoms with Crippen molar-refractivity contribution in [3.63, 3.8) is 0 Å². The van der Waals surface area contributed by atoms with Gasteiger partial charge >= 0.3 is 0 Å². The molecule has 7 aromatic heterocycles. The van der Waals surface area contributed by atoms with Crippen LogP contribution in [0.25, 0.3) is 64.2 Å². The maximum Gasteiger partial charge on any atom is 0.263 e. The molecule has 530 valence electrons. The molecule has 6 aliphatic heterocycles. The lowest BCUT2D eigenvalue weighted by Gasteiger charge is -2.28. The van der Waals surface area contributed by atoms with Crippen molar-refractivity contribution in [2.45, 2.75) is 134 Å². The molecule has 21 nitrogen and oxygen atoms in total. The first-order valence-corrected chi connectivity index (χ1v) is 38.0. The molecular weight excluding hydrogens is 1420 g/mol. The molecule has 3 aromatic carbocycles. The van der Waals surface area contributed by atoms with Crippen molar-refractivity contribution in [2.24, 2.45) is 0 Å². The molecule has 102 heavy (non-hydrogen) atoms. The summed E-state index contributed by atoms with van der Waals surface area (Å²) in [5.41, 5.74) is 10.8. The Morgan fingerprint density at radius 1 is 0.667 bits per heavy atom. The van der Waals surface area contributed by atoms with Crippen LogP contribution in [-0.4, -0.2) is 141 Å². The first-order valence-electron chi connectivity index (χ1n) is 34.5. The number of pyridine rings is 2. The lowest BCUT2D eigenvalue weighted by Crippen LogP contribution is -2.43. The van der Waals surface area contributed by atoms with Crippen LogP contribution >= 0.6 is 68.8 Å². The second kappa shape index (κ2) is 30.2. The van der Waals surface area contributed by atoms with Gasteiger partial charge < -0.3 is 54.5 Å². The number of thiophene rings is 3. The molecule has 10 aromatic rings. The van der Waals surface area contributed by atoms with Crippen molar-refractivity contribution in [3.8, 4) is 50.8 Å². The van der Waals surface area contributed by atoms with Gasteiger partial charge in [-0.2, -0.15) is 0 Å². The van der Waals surface area contributed by atoms with E-state index in [4.69, 9.17) is 53.5 Å². The Morgan fingerprint density at radius 3 is 1.80 bits per heavy atom. The summed E-state index contributed by atoms with van der Waals surface area (Å²) in [7, 11) is 4.91. The summed E-state index contributed by atoms with van der Waals surface area (Å²) in [6.45, 7) is 8.54. The number of fused-ring (bicyclic) bond motifs is 7. The van der Waals surface area contributed by atoms with Crippen LogP contribution in [-0.2, 0) is 74.8 Å². The molecule has 0 radical (unpaired) electrons. The number of carbonyl (C=O) groups is 5. The molecule has 27 heteroatoms. The van der Waals surface area contributed by atoms with Crippen molar-refractivity contribution in [1.82, 2.24) is 55.7 Å². The molecule has 5 amide bonds. The standard InChI is InChI=1S/C27H30ClN3O4S.C25H26ClN3O3S.C23H20ClN5O3S/c1-4-27(34,26(33)30(2)3)22-15-20-24(36-22)18(8-9-29-20)19-14-17(28)12-16-13-21(35-23(16)19)25(32)31-10-6-5-7-11-31;1-27-22(30)6-5-17-14-20-24(33-17)18(7-8-28-20)19-13-16(26)11-15-12-21(32-23(15)19)25(31)29-9-3-2-4-10-29;1-11(30)26-8-14-7-18-23(33-14)20(28-10-27-18)15-6-13(24)4-12-5-19(31-21(12)15)22-16-9-25-3-2-17(16)29-32-22/h8-9,12,14-15,21,34H,4-7,10-11,13H2,1-3H3;7-8,11,13-14,21H,2-6,9-10,12H2,1H3,(H,27,30);4,6-7,10,19,25H,2-3,5,8-9H2,1H3,(H,26,30). The largest absolute Gasteiger partial charge is 0.481 e. The van der Waals surface area contributed by atoms with Gasteiger partial charge in [0.15, 0.2) is 29.7 Å². The van der Waals surface area contributed by atoms with Crippen LogP contribution in [0.1, 0.15) is 120 Å². The predicted molar refractivity (Wildman–Crippen MR) is 397 cm³/mol. The first kappa shape index (κ1) is 70.7. The van der Waals surface area contributed by atoms with Crippen LogP contribution in [0.2, 0.25) is 15.1 Å². The molecule has 0 saturated carbocycles. The maximum atomic E-state index is 13.2. The fraction of sp³-hybridized carbons (Fsp3) is 0.387. The zero-order valence-electron chi connectivity index (χ0n) is 57.0. The van der Waals surface area contributed by atoms with Crippen LogP contribution in [0, 0.1) is 0 Å². The van der Waals surface area contributed by atoms with E-state index in [0.29, 0.717) is 69.9 Å². The highest BCUT2D eigenvalue weighted by Gasteiger charge is 2.42. The molecule has 4 atom stereocenters. The Kier molecular flexibility index (Phi) is 20.9. The molecule has 0 bridgehead atoms. The van der Waals surface area contributed by atoms with Gasteiger partial charge in [-0.05, 0) is 118 Å². The third-order valence-electron chi connectivity index (χ3n) is 19.4. The van der Waals surface area contributed by atoms with E-state index in [-0.39, 0.29) is 42.1 Å². The monoisotopic (exact) mass is 1490 g/mol. The highest BCUT2D eigenvalue weighted by Crippen LogP contribution is 2.50. The Hall–Kier alpha value is -8.33. The van der Waals surface area contributed by atoms with Gasteiger partial charge in [-0.3, -0.25) is 33.9 Å². The number of piperidine rings is 2. The first-order chi connectivity index (χ1) is 49.3. The van der Waals surface area contributed by atoms with Crippen molar-refractivity contribution in [1.29, 1.82) is 0 Å². The van der Waals surface area contributed by atoms with Crippen LogP contribution in [0.5, 0.6) is 17.2 Å². The summed E-state index contributed by atoms with van der Waals surface area (Å²) in [6.07, 6.45) is 14.1. The summed E-state index contributed by atoms with van der Waals surface area (Å²) in [6, 6.07) is 21.0. The zero-order chi connectivity index (χ0) is 71.1. The van der Waals surface area contributed by atoms with E-state index >= 15 is 0 Å². The van der Waals surface area contributed by atoms with Gasteiger partial charge in [-0.15, -0.1) is 34.0 Å². The van der Waals surface area contributed by atoms with E-state index in [1.54, 1.807) is 75.5 Å². The van der Waals surface area contributed by atoms with E-state index in [0.717, 1.165) is 191 Å². The number of hydrogen-bond acceptors (Lipinski definition) is 19. The summed E-state index contributed by atoms with van der Waals surface area (Å²) in [4.78, 5) is 88.0. The molecule has 2 fully saturated rings. The normalized spacial score (nSPS) is 17.9. The summed E-state index contributed by atoms with van der Waals surface area (Å²) >= 11 is 24.1. The highest BCUT2D eigenvalue weighted by atomic mass is 35.5. The summed E-state index contributed by atoms with van der Waals surface area (Å²) in [5, 5.41) is 26.3. The number of likely N-dealkylation sites (tertiary alicyclic amines) is 2.